The number of carbonyl (C=O) groups is 1. The summed E-state index contributed by atoms with van der Waals surface area (Å²) in [6, 6.07) is 10.7. The van der Waals surface area contributed by atoms with Crippen molar-refractivity contribution in [1.82, 2.24) is 10.3 Å². The van der Waals surface area contributed by atoms with Gasteiger partial charge in [-0.25, -0.2) is 4.98 Å². The van der Waals surface area contributed by atoms with Crippen LogP contribution in [0.5, 0.6) is 17.2 Å². The highest BCUT2D eigenvalue weighted by molar-refractivity contribution is 5.92. The number of oxazole rings is 1. The second kappa shape index (κ2) is 8.34. The Morgan fingerprint density at radius 2 is 1.79 bits per heavy atom. The normalized spacial score (nSPS) is 10.4. The standard InChI is InChI=1S/C20H21N3O5/c1-25-16-8-12(9-17(26-2)18(16)27-3)10-22-19(24)15-11-28-20(23-15)13-6-4-5-7-14(13)21/h4-9,11H,10,21H2,1-3H3,(H,22,24). The topological polar surface area (TPSA) is 109 Å². The van der Waals surface area contributed by atoms with E-state index in [1.807, 2.05) is 12.1 Å². The Morgan fingerprint density at radius 3 is 2.39 bits per heavy atom. The maximum atomic E-state index is 12.4. The van der Waals surface area contributed by atoms with Crippen LogP contribution in [0, 0.1) is 0 Å². The van der Waals surface area contributed by atoms with Gasteiger partial charge in [0.15, 0.2) is 17.2 Å². The van der Waals surface area contributed by atoms with E-state index in [1.54, 1.807) is 24.3 Å². The van der Waals surface area contributed by atoms with E-state index in [2.05, 4.69) is 10.3 Å². The molecule has 1 aromatic heterocycles. The molecule has 0 aliphatic rings. The third-order valence-corrected chi connectivity index (χ3v) is 4.11. The molecule has 0 saturated heterocycles. The maximum absolute atomic E-state index is 12.4. The van der Waals surface area contributed by atoms with E-state index < -0.39 is 0 Å². The van der Waals surface area contributed by atoms with Gasteiger partial charge >= 0.3 is 0 Å². The fraction of sp³-hybridized carbons (Fsp3) is 0.200. The number of nitrogen functional groups attached to an aromatic ring is 1. The third kappa shape index (κ3) is 3.85. The minimum absolute atomic E-state index is 0.158. The number of methoxy groups -OCH3 is 3. The minimum atomic E-state index is -0.377. The molecule has 146 valence electrons. The van der Waals surface area contributed by atoms with Crippen LogP contribution >= 0.6 is 0 Å². The molecular formula is C20H21N3O5. The number of nitrogens with zero attached hydrogens (tertiary/aromatic N) is 1. The average molecular weight is 383 g/mol. The number of nitrogens with one attached hydrogen (secondary N) is 1. The Kier molecular flexibility index (Phi) is 5.69. The van der Waals surface area contributed by atoms with Gasteiger partial charge in [-0.1, -0.05) is 12.1 Å². The molecule has 0 aliphatic heterocycles. The average Bonchev–Trinajstić information content (AvgIpc) is 3.21. The van der Waals surface area contributed by atoms with Gasteiger partial charge in [-0.3, -0.25) is 4.79 Å². The van der Waals surface area contributed by atoms with Gasteiger partial charge in [-0.2, -0.15) is 0 Å². The molecule has 8 nitrogen and oxygen atoms in total. The highest BCUT2D eigenvalue weighted by atomic mass is 16.5. The Bertz CT molecular complexity index is 958. The van der Waals surface area contributed by atoms with Crippen LogP contribution in [-0.4, -0.2) is 32.2 Å². The molecule has 0 spiro atoms. The molecule has 0 fully saturated rings. The number of carbonyl (C=O) groups excluding carboxylic acids is 1. The summed E-state index contributed by atoms with van der Waals surface area (Å²) in [7, 11) is 4.60. The van der Waals surface area contributed by atoms with Gasteiger partial charge in [0, 0.05) is 12.2 Å². The number of anilines is 1. The van der Waals surface area contributed by atoms with Gasteiger partial charge in [-0.05, 0) is 29.8 Å². The van der Waals surface area contributed by atoms with Crippen LogP contribution in [0.2, 0.25) is 0 Å². The minimum Gasteiger partial charge on any atom is -0.493 e. The van der Waals surface area contributed by atoms with E-state index in [9.17, 15) is 4.79 Å². The molecule has 2 aromatic carbocycles. The lowest BCUT2D eigenvalue weighted by Gasteiger charge is -2.14. The molecule has 0 bridgehead atoms. The van der Waals surface area contributed by atoms with Crippen molar-refractivity contribution >= 4 is 11.6 Å². The van der Waals surface area contributed by atoms with Gasteiger partial charge in [0.05, 0.1) is 26.9 Å². The zero-order valence-electron chi connectivity index (χ0n) is 15.8. The molecule has 3 rings (SSSR count). The first-order chi connectivity index (χ1) is 13.6. The number of hydrogen-bond donors (Lipinski definition) is 2. The molecule has 0 saturated carbocycles. The lowest BCUT2D eigenvalue weighted by atomic mass is 10.1. The summed E-state index contributed by atoms with van der Waals surface area (Å²) in [5.41, 5.74) is 8.00. The second-order valence-electron chi connectivity index (χ2n) is 5.84. The van der Waals surface area contributed by atoms with Crippen LogP contribution in [0.1, 0.15) is 16.1 Å². The van der Waals surface area contributed by atoms with Gasteiger partial charge < -0.3 is 29.7 Å². The van der Waals surface area contributed by atoms with Crippen molar-refractivity contribution in [2.75, 3.05) is 27.1 Å². The maximum Gasteiger partial charge on any atom is 0.273 e. The molecule has 0 atom stereocenters. The van der Waals surface area contributed by atoms with Crippen LogP contribution < -0.4 is 25.3 Å². The first-order valence-corrected chi connectivity index (χ1v) is 8.44. The van der Waals surface area contributed by atoms with Crippen molar-refractivity contribution in [3.05, 3.63) is 53.9 Å². The zero-order chi connectivity index (χ0) is 20.1. The predicted molar refractivity (Wildman–Crippen MR) is 104 cm³/mol. The fourth-order valence-electron chi connectivity index (χ4n) is 2.70. The van der Waals surface area contributed by atoms with Crippen molar-refractivity contribution < 1.29 is 23.4 Å². The molecule has 0 radical (unpaired) electrons. The van der Waals surface area contributed by atoms with E-state index in [-0.39, 0.29) is 24.0 Å². The highest BCUT2D eigenvalue weighted by Gasteiger charge is 2.16. The molecular weight excluding hydrogens is 362 g/mol. The van der Waals surface area contributed by atoms with Crippen LogP contribution in [0.4, 0.5) is 5.69 Å². The molecule has 8 heteroatoms. The number of benzene rings is 2. The van der Waals surface area contributed by atoms with Crippen molar-refractivity contribution in [2.45, 2.75) is 6.54 Å². The van der Waals surface area contributed by atoms with Gasteiger partial charge in [0.2, 0.25) is 11.6 Å². The first-order valence-electron chi connectivity index (χ1n) is 8.44. The van der Waals surface area contributed by atoms with Crippen molar-refractivity contribution in [3.8, 4) is 28.7 Å². The number of aromatic nitrogens is 1. The van der Waals surface area contributed by atoms with Crippen LogP contribution in [0.3, 0.4) is 0 Å². The van der Waals surface area contributed by atoms with Crippen LogP contribution in [0.25, 0.3) is 11.5 Å². The first kappa shape index (κ1) is 19.1. The van der Waals surface area contributed by atoms with E-state index in [4.69, 9.17) is 24.4 Å². The lowest BCUT2D eigenvalue weighted by molar-refractivity contribution is 0.0946. The molecule has 0 unspecified atom stereocenters. The number of nitrogens with two attached hydrogens (primary N) is 1. The lowest BCUT2D eigenvalue weighted by Crippen LogP contribution is -2.23. The van der Waals surface area contributed by atoms with Crippen molar-refractivity contribution in [1.29, 1.82) is 0 Å². The largest absolute Gasteiger partial charge is 0.493 e. The monoisotopic (exact) mass is 383 g/mol. The second-order valence-corrected chi connectivity index (χ2v) is 5.84. The van der Waals surface area contributed by atoms with E-state index in [0.717, 1.165) is 5.56 Å². The summed E-state index contributed by atoms with van der Waals surface area (Å²) in [4.78, 5) is 16.6. The summed E-state index contributed by atoms with van der Waals surface area (Å²) in [6.45, 7) is 0.241. The summed E-state index contributed by atoms with van der Waals surface area (Å²) in [5, 5.41) is 2.79. The Labute approximate surface area is 162 Å². The molecule has 1 heterocycles. The van der Waals surface area contributed by atoms with Crippen LogP contribution in [-0.2, 0) is 6.54 Å². The molecule has 1 amide bonds. The summed E-state index contributed by atoms with van der Waals surface area (Å²) in [6.07, 6.45) is 1.30. The number of rotatable bonds is 7. The Hall–Kier alpha value is -3.68. The van der Waals surface area contributed by atoms with E-state index >= 15 is 0 Å². The number of hydrogen-bond acceptors (Lipinski definition) is 7. The van der Waals surface area contributed by atoms with E-state index in [0.29, 0.717) is 28.5 Å². The molecule has 3 N–H and O–H groups in total. The quantitative estimate of drug-likeness (QED) is 0.604. The number of ether oxygens (including phenoxy) is 3. The van der Waals surface area contributed by atoms with Crippen molar-refractivity contribution in [3.63, 3.8) is 0 Å². The zero-order valence-corrected chi connectivity index (χ0v) is 15.8. The van der Waals surface area contributed by atoms with Crippen molar-refractivity contribution in [2.24, 2.45) is 0 Å². The predicted octanol–water partition coefficient (Wildman–Crippen LogP) is 2.88. The van der Waals surface area contributed by atoms with Crippen LogP contribution in [0.15, 0.2) is 47.1 Å². The fourth-order valence-corrected chi connectivity index (χ4v) is 2.70. The molecule has 28 heavy (non-hydrogen) atoms. The molecule has 3 aromatic rings. The SMILES string of the molecule is COc1cc(CNC(=O)c2coc(-c3ccccc3N)n2)cc(OC)c1OC. The Morgan fingerprint density at radius 1 is 1.11 bits per heavy atom. The number of para-hydroxylation sites is 1. The summed E-state index contributed by atoms with van der Waals surface area (Å²) < 4.78 is 21.3. The van der Waals surface area contributed by atoms with Gasteiger partial charge in [-0.15, -0.1) is 0 Å². The summed E-state index contributed by atoms with van der Waals surface area (Å²) in [5.74, 6) is 1.42. The van der Waals surface area contributed by atoms with Gasteiger partial charge in [0.25, 0.3) is 5.91 Å². The summed E-state index contributed by atoms with van der Waals surface area (Å²) >= 11 is 0. The number of amides is 1. The Balaban J connectivity index is 1.74. The van der Waals surface area contributed by atoms with Gasteiger partial charge in [0.1, 0.15) is 6.26 Å². The third-order valence-electron chi connectivity index (χ3n) is 4.11. The highest BCUT2D eigenvalue weighted by Crippen LogP contribution is 2.38. The molecule has 0 aliphatic carbocycles. The van der Waals surface area contributed by atoms with E-state index in [1.165, 1.54) is 27.6 Å². The smallest absolute Gasteiger partial charge is 0.273 e.